The van der Waals surface area contributed by atoms with Gasteiger partial charge in [-0.05, 0) is 41.8 Å². The van der Waals surface area contributed by atoms with Gasteiger partial charge in [-0.1, -0.05) is 12.1 Å². The first kappa shape index (κ1) is 18.9. The van der Waals surface area contributed by atoms with Gasteiger partial charge in [0.2, 0.25) is 23.8 Å². The number of benzene rings is 1. The minimum Gasteiger partial charge on any atom is -0.392 e. The maximum Gasteiger partial charge on any atom is 0.330 e. The number of rotatable bonds is 3. The van der Waals surface area contributed by atoms with Crippen LogP contribution in [0.5, 0.6) is 0 Å². The van der Waals surface area contributed by atoms with E-state index in [-0.39, 0.29) is 19.1 Å². The van der Waals surface area contributed by atoms with Crippen LogP contribution in [0.15, 0.2) is 40.3 Å². The second-order valence-electron chi connectivity index (χ2n) is 6.78. The highest BCUT2D eigenvalue weighted by molar-refractivity contribution is 6.16. The third kappa shape index (κ3) is 3.42. The molecular weight excluding hydrogens is 382 g/mol. The van der Waals surface area contributed by atoms with E-state index in [2.05, 4.69) is 20.3 Å². The molecule has 1 aromatic heterocycles. The van der Waals surface area contributed by atoms with E-state index in [1.54, 1.807) is 24.1 Å². The van der Waals surface area contributed by atoms with Crippen molar-refractivity contribution in [3.8, 4) is 0 Å². The normalized spacial score (nSPS) is 20.0. The van der Waals surface area contributed by atoms with Crippen molar-refractivity contribution in [2.45, 2.75) is 19.6 Å². The fourth-order valence-electron chi connectivity index (χ4n) is 3.31. The van der Waals surface area contributed by atoms with Gasteiger partial charge in [-0.2, -0.15) is 13.8 Å². The number of fused-ring (bicyclic) bond motifs is 1. The van der Waals surface area contributed by atoms with E-state index in [1.165, 1.54) is 4.90 Å². The first-order valence-corrected chi connectivity index (χ1v) is 8.88. The predicted octanol–water partition coefficient (Wildman–Crippen LogP) is 2.22. The molecule has 1 atom stereocenters. The van der Waals surface area contributed by atoms with Crippen molar-refractivity contribution in [2.75, 3.05) is 13.6 Å². The molecule has 1 fully saturated rings. The number of aliphatic hydroxyl groups excluding tert-OH is 1. The summed E-state index contributed by atoms with van der Waals surface area (Å²) in [5.41, 5.74) is 2.37. The monoisotopic (exact) mass is 400 g/mol. The van der Waals surface area contributed by atoms with Crippen molar-refractivity contribution >= 4 is 23.6 Å². The summed E-state index contributed by atoms with van der Waals surface area (Å²) < 4.78 is 27.4. The number of aliphatic hydroxyl groups is 1. The van der Waals surface area contributed by atoms with Crippen LogP contribution in [0.3, 0.4) is 0 Å². The Morgan fingerprint density at radius 1 is 1.28 bits per heavy atom. The topological polar surface area (TPSA) is 93.4 Å². The lowest BCUT2D eigenvalue weighted by Gasteiger charge is -2.36. The van der Waals surface area contributed by atoms with Gasteiger partial charge in [0.15, 0.2) is 0 Å². The zero-order chi connectivity index (χ0) is 20.7. The molecule has 1 aromatic carbocycles. The van der Waals surface area contributed by atoms with Gasteiger partial charge in [-0.25, -0.2) is 14.8 Å². The fraction of sp³-hybridized carbons (Fsp3) is 0.263. The summed E-state index contributed by atoms with van der Waals surface area (Å²) in [6.45, 7) is 1.88. The molecule has 0 spiro atoms. The third-order valence-electron chi connectivity index (χ3n) is 4.84. The lowest BCUT2D eigenvalue weighted by Crippen LogP contribution is -2.61. The number of aromatic nitrogens is 1. The minimum atomic E-state index is -0.937. The molecule has 0 aliphatic carbocycles. The fourth-order valence-corrected chi connectivity index (χ4v) is 3.31. The Labute approximate surface area is 165 Å². The third-order valence-corrected chi connectivity index (χ3v) is 4.84. The van der Waals surface area contributed by atoms with Crippen LogP contribution in [0.1, 0.15) is 22.7 Å². The van der Waals surface area contributed by atoms with E-state index in [0.717, 1.165) is 17.7 Å². The second kappa shape index (κ2) is 7.21. The molecule has 29 heavy (non-hydrogen) atoms. The molecule has 1 saturated heterocycles. The number of urea groups is 1. The van der Waals surface area contributed by atoms with Gasteiger partial charge < -0.3 is 5.11 Å². The molecule has 4 rings (SSSR count). The van der Waals surface area contributed by atoms with Crippen LogP contribution in [0.25, 0.3) is 0 Å². The van der Waals surface area contributed by atoms with Crippen LogP contribution in [-0.4, -0.2) is 51.4 Å². The Kier molecular flexibility index (Phi) is 4.71. The first-order valence-electron chi connectivity index (χ1n) is 8.88. The number of aryl methyl sites for hydroxylation is 1. The van der Waals surface area contributed by atoms with Crippen molar-refractivity contribution in [1.29, 1.82) is 0 Å². The lowest BCUT2D eigenvalue weighted by atomic mass is 10.1. The van der Waals surface area contributed by atoms with Gasteiger partial charge in [0.1, 0.15) is 0 Å². The molecule has 10 heteroatoms. The zero-order valence-corrected chi connectivity index (χ0v) is 15.7. The summed E-state index contributed by atoms with van der Waals surface area (Å²) in [5, 5.41) is 12.1. The van der Waals surface area contributed by atoms with E-state index < -0.39 is 24.0 Å². The van der Waals surface area contributed by atoms with E-state index in [9.17, 15) is 18.7 Å². The molecule has 0 radical (unpaired) electrons. The van der Waals surface area contributed by atoms with Crippen LogP contribution in [-0.2, 0) is 6.61 Å². The van der Waals surface area contributed by atoms with Gasteiger partial charge in [0.25, 0.3) is 0 Å². The molecule has 2 amide bonds. The first-order chi connectivity index (χ1) is 13.9. The second-order valence-corrected chi connectivity index (χ2v) is 6.78. The standard InChI is InChI=1S/C19H18F2N6O2/c1-10-3-4-11(9-28)5-13(10)23-17-25-19(29)26(2)18-22-8-14(27(17)18)12-6-15(20)24-16(21)7-12/h3-7,14,28H,8-9H2,1-2H3,(H,23,25,29). The van der Waals surface area contributed by atoms with E-state index >= 15 is 0 Å². The molecular formula is C19H18F2N6O2. The molecule has 0 bridgehead atoms. The van der Waals surface area contributed by atoms with Crippen molar-refractivity contribution in [1.82, 2.24) is 20.1 Å². The summed E-state index contributed by atoms with van der Waals surface area (Å²) in [6.07, 6.45) is 0. The van der Waals surface area contributed by atoms with Crippen molar-refractivity contribution in [3.63, 3.8) is 0 Å². The van der Waals surface area contributed by atoms with Crippen LogP contribution >= 0.6 is 0 Å². The minimum absolute atomic E-state index is 0.151. The molecule has 2 aliphatic heterocycles. The van der Waals surface area contributed by atoms with Crippen LogP contribution in [0.2, 0.25) is 0 Å². The Morgan fingerprint density at radius 2 is 2.00 bits per heavy atom. The number of aliphatic imine (C=N–C) groups is 2. The Balaban J connectivity index is 1.80. The highest BCUT2D eigenvalue weighted by atomic mass is 19.1. The van der Waals surface area contributed by atoms with Crippen LogP contribution in [0.4, 0.5) is 19.3 Å². The number of nitrogens with zero attached hydrogens (tertiary/aromatic N) is 5. The lowest BCUT2D eigenvalue weighted by molar-refractivity contribution is 0.222. The number of halogens is 2. The number of nitrogens with one attached hydrogen (secondary N) is 1. The van der Waals surface area contributed by atoms with Gasteiger partial charge in [-0.3, -0.25) is 15.1 Å². The molecule has 8 nitrogen and oxygen atoms in total. The van der Waals surface area contributed by atoms with Gasteiger partial charge in [0, 0.05) is 7.05 Å². The molecule has 2 N–H and O–H groups in total. The van der Waals surface area contributed by atoms with Crippen molar-refractivity contribution in [3.05, 3.63) is 58.9 Å². The van der Waals surface area contributed by atoms with Gasteiger partial charge in [0.05, 0.1) is 24.9 Å². The zero-order valence-electron chi connectivity index (χ0n) is 15.7. The Bertz CT molecular complexity index is 1030. The maximum atomic E-state index is 13.7. The quantitative estimate of drug-likeness (QED) is 0.773. The number of guanidine groups is 2. The van der Waals surface area contributed by atoms with Crippen LogP contribution in [0, 0.1) is 18.8 Å². The molecule has 0 saturated carbocycles. The smallest absolute Gasteiger partial charge is 0.330 e. The molecule has 150 valence electrons. The van der Waals surface area contributed by atoms with Crippen molar-refractivity contribution < 1.29 is 18.7 Å². The summed E-state index contributed by atoms with van der Waals surface area (Å²) in [6, 6.07) is 6.57. The SMILES string of the molecule is Cc1ccc(CO)cc1N=C1NC(=O)N(C)C2=NCC(c3cc(F)nc(F)c3)N12. The predicted molar refractivity (Wildman–Crippen MR) is 102 cm³/mol. The number of hydrogen-bond donors (Lipinski definition) is 2. The molecule has 1 unspecified atom stereocenters. The Hall–Kier alpha value is -3.40. The van der Waals surface area contributed by atoms with E-state index in [0.29, 0.717) is 22.8 Å². The molecule has 3 heterocycles. The average Bonchev–Trinajstić information content (AvgIpc) is 3.12. The highest BCUT2D eigenvalue weighted by Crippen LogP contribution is 2.31. The summed E-state index contributed by atoms with van der Waals surface area (Å²) in [7, 11) is 1.55. The number of carbonyl (C=O) groups excluding carboxylic acids is 1. The van der Waals surface area contributed by atoms with E-state index in [1.807, 2.05) is 13.0 Å². The number of carbonyl (C=O) groups is 1. The summed E-state index contributed by atoms with van der Waals surface area (Å²) >= 11 is 0. The average molecular weight is 400 g/mol. The summed E-state index contributed by atoms with van der Waals surface area (Å²) in [4.78, 5) is 27.4. The Morgan fingerprint density at radius 3 is 2.69 bits per heavy atom. The van der Waals surface area contributed by atoms with Crippen LogP contribution < -0.4 is 5.32 Å². The van der Waals surface area contributed by atoms with Gasteiger partial charge >= 0.3 is 6.03 Å². The number of amides is 2. The molecule has 2 aromatic rings. The number of hydrogen-bond acceptors (Lipinski definition) is 5. The number of pyridine rings is 1. The summed E-state index contributed by atoms with van der Waals surface area (Å²) in [5.74, 6) is -1.36. The largest absolute Gasteiger partial charge is 0.392 e. The van der Waals surface area contributed by atoms with Gasteiger partial charge in [-0.15, -0.1) is 0 Å². The maximum absolute atomic E-state index is 13.7. The highest BCUT2D eigenvalue weighted by Gasteiger charge is 2.41. The van der Waals surface area contributed by atoms with Crippen molar-refractivity contribution in [2.24, 2.45) is 9.98 Å². The van der Waals surface area contributed by atoms with E-state index in [4.69, 9.17) is 0 Å². The molecule has 2 aliphatic rings.